The maximum atomic E-state index is 12.0. The van der Waals surface area contributed by atoms with Gasteiger partial charge in [0.2, 0.25) is 15.9 Å². The summed E-state index contributed by atoms with van der Waals surface area (Å²) in [7, 11) is -3.80. The molecule has 0 unspecified atom stereocenters. The quantitative estimate of drug-likeness (QED) is 0.436. The van der Waals surface area contributed by atoms with Crippen LogP contribution < -0.4 is 5.14 Å². The number of hydrogen-bond acceptors (Lipinski definition) is 7. The molecule has 5 rings (SSSR count). The number of amides is 1. The first-order valence-electron chi connectivity index (χ1n) is 10.4. The van der Waals surface area contributed by atoms with E-state index < -0.39 is 10.0 Å². The van der Waals surface area contributed by atoms with E-state index in [0.717, 1.165) is 76.1 Å². The highest BCUT2D eigenvalue weighted by molar-refractivity contribution is 7.91. The Morgan fingerprint density at radius 3 is 2.70 bits per heavy atom. The normalized spacial score (nSPS) is 15.4. The number of rotatable bonds is 5. The van der Waals surface area contributed by atoms with Gasteiger partial charge in [-0.1, -0.05) is 18.2 Å². The Balaban J connectivity index is 1.40. The molecule has 1 amide bonds. The second-order valence-corrected chi connectivity index (χ2v) is 11.8. The molecule has 3 aromatic heterocycles. The third kappa shape index (κ3) is 4.46. The molecule has 33 heavy (non-hydrogen) atoms. The number of thiophene rings is 1. The Labute approximate surface area is 199 Å². The predicted octanol–water partition coefficient (Wildman–Crippen LogP) is 3.33. The van der Waals surface area contributed by atoms with Crippen molar-refractivity contribution in [2.45, 2.75) is 17.7 Å². The Kier molecular flexibility index (Phi) is 5.83. The number of para-hydroxylation sites is 1. The largest absolute Gasteiger partial charge is 0.352 e. The number of thiazole rings is 1. The first kappa shape index (κ1) is 22.2. The first-order chi connectivity index (χ1) is 15.8. The molecular formula is C22H23N5O3S3. The topological polar surface area (TPSA) is 112 Å². The summed E-state index contributed by atoms with van der Waals surface area (Å²) in [4.78, 5) is 25.0. The SMILES string of the molecule is CC(=O)N1CCN(Cc2cnc(-c3cc4cccc(-c5ccsc5S(N)(=O)=O)c4[nH]3)s2)CC1. The van der Waals surface area contributed by atoms with E-state index >= 15 is 0 Å². The monoisotopic (exact) mass is 501 g/mol. The standard InChI is InChI=1S/C22H23N5O3S3/c1-14(28)27-8-6-26(7-9-27)13-16-12-24-21(32-16)19-11-15-3-2-4-17(20(15)25-19)18-5-10-31-22(18)33(23,29)30/h2-5,10-12,25H,6-9,13H2,1H3,(H2,23,29,30). The highest BCUT2D eigenvalue weighted by Crippen LogP contribution is 2.37. The Morgan fingerprint density at radius 2 is 1.97 bits per heavy atom. The summed E-state index contributed by atoms with van der Waals surface area (Å²) in [5, 5.41) is 9.02. The number of benzene rings is 1. The van der Waals surface area contributed by atoms with Gasteiger partial charge < -0.3 is 9.88 Å². The van der Waals surface area contributed by atoms with Crippen molar-refractivity contribution in [3.8, 4) is 21.8 Å². The molecule has 0 radical (unpaired) electrons. The van der Waals surface area contributed by atoms with Crippen molar-refractivity contribution in [3.63, 3.8) is 0 Å². The number of nitrogens with zero attached hydrogens (tertiary/aromatic N) is 3. The molecule has 1 saturated heterocycles. The molecule has 0 spiro atoms. The molecule has 4 aromatic rings. The van der Waals surface area contributed by atoms with Crippen LogP contribution in [0.4, 0.5) is 0 Å². The zero-order chi connectivity index (χ0) is 23.2. The minimum absolute atomic E-state index is 0.131. The van der Waals surface area contributed by atoms with E-state index in [1.807, 2.05) is 35.4 Å². The smallest absolute Gasteiger partial charge is 0.248 e. The van der Waals surface area contributed by atoms with Crippen LogP contribution in [0.25, 0.3) is 32.7 Å². The lowest BCUT2D eigenvalue weighted by Gasteiger charge is -2.33. The average molecular weight is 502 g/mol. The minimum atomic E-state index is -3.80. The average Bonchev–Trinajstić information content (AvgIpc) is 3.52. The molecule has 3 N–H and O–H groups in total. The van der Waals surface area contributed by atoms with E-state index in [1.54, 1.807) is 29.7 Å². The number of hydrogen-bond donors (Lipinski definition) is 2. The molecular weight excluding hydrogens is 478 g/mol. The number of nitrogens with two attached hydrogens (primary N) is 1. The molecule has 1 fully saturated rings. The van der Waals surface area contributed by atoms with Crippen LogP contribution >= 0.6 is 22.7 Å². The third-order valence-electron chi connectivity index (χ3n) is 5.82. The fourth-order valence-electron chi connectivity index (χ4n) is 4.16. The van der Waals surface area contributed by atoms with E-state index in [2.05, 4.69) is 14.9 Å². The van der Waals surface area contributed by atoms with Gasteiger partial charge in [0.1, 0.15) is 9.22 Å². The van der Waals surface area contributed by atoms with Gasteiger partial charge in [-0.15, -0.1) is 22.7 Å². The van der Waals surface area contributed by atoms with Crippen LogP contribution in [0, 0.1) is 0 Å². The Bertz CT molecular complexity index is 1430. The highest BCUT2D eigenvalue weighted by atomic mass is 32.2. The van der Waals surface area contributed by atoms with E-state index in [4.69, 9.17) is 5.14 Å². The number of fused-ring (bicyclic) bond motifs is 1. The van der Waals surface area contributed by atoms with Gasteiger partial charge in [-0.3, -0.25) is 9.69 Å². The van der Waals surface area contributed by atoms with Crippen LogP contribution in [0.2, 0.25) is 0 Å². The first-order valence-corrected chi connectivity index (χ1v) is 13.7. The molecule has 11 heteroatoms. The van der Waals surface area contributed by atoms with Gasteiger partial charge in [0.15, 0.2) is 0 Å². The maximum absolute atomic E-state index is 12.0. The predicted molar refractivity (Wildman–Crippen MR) is 132 cm³/mol. The number of nitrogens with one attached hydrogen (secondary N) is 1. The summed E-state index contributed by atoms with van der Waals surface area (Å²) >= 11 is 2.76. The van der Waals surface area contributed by atoms with Gasteiger partial charge in [-0.25, -0.2) is 18.5 Å². The molecule has 0 atom stereocenters. The second-order valence-electron chi connectivity index (χ2n) is 8.03. The van der Waals surface area contributed by atoms with Crippen molar-refractivity contribution < 1.29 is 13.2 Å². The van der Waals surface area contributed by atoms with E-state index in [0.29, 0.717) is 5.56 Å². The molecule has 1 aliphatic rings. The van der Waals surface area contributed by atoms with Crippen LogP contribution in [0.1, 0.15) is 11.8 Å². The number of carbonyl (C=O) groups is 1. The molecule has 1 aliphatic heterocycles. The number of aromatic amines is 1. The van der Waals surface area contributed by atoms with E-state index in [-0.39, 0.29) is 10.1 Å². The van der Waals surface area contributed by atoms with Crippen LogP contribution in [0.15, 0.2) is 46.1 Å². The molecule has 8 nitrogen and oxygen atoms in total. The summed E-state index contributed by atoms with van der Waals surface area (Å²) in [5.74, 6) is 0.131. The number of carbonyl (C=O) groups excluding carboxylic acids is 1. The highest BCUT2D eigenvalue weighted by Gasteiger charge is 2.21. The second kappa shape index (κ2) is 8.65. The molecule has 0 bridgehead atoms. The Hall–Kier alpha value is -2.57. The zero-order valence-corrected chi connectivity index (χ0v) is 20.4. The van der Waals surface area contributed by atoms with Gasteiger partial charge in [-0.05, 0) is 17.5 Å². The van der Waals surface area contributed by atoms with Crippen LogP contribution in [0.5, 0.6) is 0 Å². The molecule has 0 saturated carbocycles. The molecule has 172 valence electrons. The van der Waals surface area contributed by atoms with Crippen molar-refractivity contribution in [3.05, 3.63) is 46.8 Å². The number of primary sulfonamides is 1. The van der Waals surface area contributed by atoms with Crippen molar-refractivity contribution >= 4 is 49.5 Å². The maximum Gasteiger partial charge on any atom is 0.248 e. The fourth-order valence-corrected chi connectivity index (χ4v) is 6.90. The third-order valence-corrected chi connectivity index (χ3v) is 9.26. The molecule has 0 aliphatic carbocycles. The zero-order valence-electron chi connectivity index (χ0n) is 17.9. The molecule has 4 heterocycles. The van der Waals surface area contributed by atoms with E-state index in [9.17, 15) is 13.2 Å². The summed E-state index contributed by atoms with van der Waals surface area (Å²) in [5.41, 5.74) is 3.14. The lowest BCUT2D eigenvalue weighted by molar-refractivity contribution is -0.130. The van der Waals surface area contributed by atoms with Gasteiger partial charge in [-0.2, -0.15) is 0 Å². The minimum Gasteiger partial charge on any atom is -0.352 e. The Morgan fingerprint density at radius 1 is 1.18 bits per heavy atom. The van der Waals surface area contributed by atoms with Crippen LogP contribution in [-0.4, -0.2) is 60.3 Å². The van der Waals surface area contributed by atoms with Gasteiger partial charge in [0.05, 0.1) is 11.2 Å². The summed E-state index contributed by atoms with van der Waals surface area (Å²) in [6, 6.07) is 9.62. The van der Waals surface area contributed by atoms with Crippen molar-refractivity contribution in [2.24, 2.45) is 5.14 Å². The summed E-state index contributed by atoms with van der Waals surface area (Å²) in [6.45, 7) is 5.65. The van der Waals surface area contributed by atoms with Crippen molar-refractivity contribution in [2.75, 3.05) is 26.2 Å². The van der Waals surface area contributed by atoms with Crippen LogP contribution in [0.3, 0.4) is 0 Å². The van der Waals surface area contributed by atoms with Crippen LogP contribution in [-0.2, 0) is 21.4 Å². The van der Waals surface area contributed by atoms with Gasteiger partial charge in [0.25, 0.3) is 0 Å². The van der Waals surface area contributed by atoms with Gasteiger partial charge >= 0.3 is 0 Å². The summed E-state index contributed by atoms with van der Waals surface area (Å²) in [6.07, 6.45) is 1.90. The number of piperazine rings is 1. The summed E-state index contributed by atoms with van der Waals surface area (Å²) < 4.78 is 24.2. The van der Waals surface area contributed by atoms with E-state index in [1.165, 1.54) is 0 Å². The number of aromatic nitrogens is 2. The van der Waals surface area contributed by atoms with Crippen molar-refractivity contribution in [1.82, 2.24) is 19.8 Å². The van der Waals surface area contributed by atoms with Gasteiger partial charge in [0, 0.05) is 67.2 Å². The fraction of sp³-hybridized carbons (Fsp3) is 0.273. The number of sulfonamides is 1. The van der Waals surface area contributed by atoms with Crippen molar-refractivity contribution in [1.29, 1.82) is 0 Å². The number of H-pyrrole nitrogens is 1. The lowest BCUT2D eigenvalue weighted by Crippen LogP contribution is -2.47. The lowest BCUT2D eigenvalue weighted by atomic mass is 10.1. The molecule has 1 aromatic carbocycles.